The lowest BCUT2D eigenvalue weighted by atomic mass is 10.2. The summed E-state index contributed by atoms with van der Waals surface area (Å²) in [5.41, 5.74) is -2.68. The Labute approximate surface area is 122 Å². The lowest BCUT2D eigenvalue weighted by molar-refractivity contribution is -0.141. The van der Waals surface area contributed by atoms with Gasteiger partial charge < -0.3 is 0 Å². The van der Waals surface area contributed by atoms with Crippen molar-refractivity contribution in [2.24, 2.45) is 7.05 Å². The number of aromatic nitrogens is 2. The van der Waals surface area contributed by atoms with Gasteiger partial charge in [0.15, 0.2) is 17.0 Å². The molecule has 0 saturated heterocycles. The molecule has 118 valence electrons. The van der Waals surface area contributed by atoms with E-state index < -0.39 is 43.0 Å². The number of aryl methyl sites for hydroxylation is 1. The van der Waals surface area contributed by atoms with Gasteiger partial charge in [-0.3, -0.25) is 9.48 Å². The Kier molecular flexibility index (Phi) is 3.81. The zero-order valence-electron chi connectivity index (χ0n) is 10.9. The quantitative estimate of drug-likeness (QED) is 0.490. The number of benzene rings is 1. The zero-order chi connectivity index (χ0) is 16.7. The monoisotopic (exact) mass is 336 g/mol. The van der Waals surface area contributed by atoms with Gasteiger partial charge in [0.25, 0.3) is 0 Å². The van der Waals surface area contributed by atoms with Crippen molar-refractivity contribution in [1.82, 2.24) is 9.78 Å². The fraction of sp³-hybridized carbons (Fsp3) is 0.167. The molecule has 0 aliphatic heterocycles. The number of alkyl halides is 3. The first kappa shape index (κ1) is 16.1. The molecule has 2 rings (SSSR count). The normalized spacial score (nSPS) is 12.4. The number of sulfone groups is 1. The van der Waals surface area contributed by atoms with Gasteiger partial charge in [-0.25, -0.2) is 12.8 Å². The third-order valence-electron chi connectivity index (χ3n) is 2.79. The summed E-state index contributed by atoms with van der Waals surface area (Å²) in [4.78, 5) is 10.5. The van der Waals surface area contributed by atoms with Gasteiger partial charge in [0.1, 0.15) is 5.82 Å². The summed E-state index contributed by atoms with van der Waals surface area (Å²) in [5.74, 6) is -0.712. The first-order valence-electron chi connectivity index (χ1n) is 5.69. The SMILES string of the molecule is Cn1nc(C(F)(F)F)c(C=O)c1S(=O)(=O)c1ccc(F)cc1. The van der Waals surface area contributed by atoms with Crippen LogP contribution >= 0.6 is 0 Å². The van der Waals surface area contributed by atoms with E-state index >= 15 is 0 Å². The number of nitrogens with zero attached hydrogens (tertiary/aromatic N) is 2. The van der Waals surface area contributed by atoms with Gasteiger partial charge in [-0.1, -0.05) is 0 Å². The van der Waals surface area contributed by atoms with E-state index in [1.165, 1.54) is 0 Å². The van der Waals surface area contributed by atoms with Crippen LogP contribution < -0.4 is 0 Å². The Balaban J connectivity index is 2.74. The number of hydrogen-bond donors (Lipinski definition) is 0. The molecule has 0 bridgehead atoms. The van der Waals surface area contributed by atoms with Crippen LogP contribution in [-0.2, 0) is 23.1 Å². The topological polar surface area (TPSA) is 69.0 Å². The van der Waals surface area contributed by atoms with Crippen LogP contribution in [0.25, 0.3) is 0 Å². The summed E-state index contributed by atoms with van der Waals surface area (Å²) in [6.45, 7) is 0. The van der Waals surface area contributed by atoms with E-state index in [1.807, 2.05) is 0 Å². The lowest BCUT2D eigenvalue weighted by Crippen LogP contribution is -2.11. The predicted molar refractivity (Wildman–Crippen MR) is 65.4 cm³/mol. The van der Waals surface area contributed by atoms with Gasteiger partial charge in [0.2, 0.25) is 9.84 Å². The fourth-order valence-corrected chi connectivity index (χ4v) is 3.43. The first-order valence-corrected chi connectivity index (χ1v) is 7.17. The van der Waals surface area contributed by atoms with Crippen molar-refractivity contribution in [3.8, 4) is 0 Å². The molecule has 0 unspecified atom stereocenters. The number of carbonyl (C=O) groups excluding carboxylic acids is 1. The third-order valence-corrected chi connectivity index (χ3v) is 4.68. The second kappa shape index (κ2) is 5.20. The lowest BCUT2D eigenvalue weighted by Gasteiger charge is -2.06. The summed E-state index contributed by atoms with van der Waals surface area (Å²) >= 11 is 0. The second-order valence-electron chi connectivity index (χ2n) is 4.26. The summed E-state index contributed by atoms with van der Waals surface area (Å²) in [6, 6.07) is 3.46. The number of halogens is 4. The molecule has 0 aliphatic rings. The largest absolute Gasteiger partial charge is 0.435 e. The molecule has 0 radical (unpaired) electrons. The van der Waals surface area contributed by atoms with Crippen molar-refractivity contribution in [3.63, 3.8) is 0 Å². The van der Waals surface area contributed by atoms with E-state index in [0.29, 0.717) is 4.68 Å². The molecule has 0 atom stereocenters. The predicted octanol–water partition coefficient (Wildman–Crippen LogP) is 2.22. The molecule has 0 amide bonds. The highest BCUT2D eigenvalue weighted by molar-refractivity contribution is 7.91. The van der Waals surface area contributed by atoms with Crippen molar-refractivity contribution in [3.05, 3.63) is 41.3 Å². The van der Waals surface area contributed by atoms with Crippen LogP contribution in [0.5, 0.6) is 0 Å². The molecule has 1 heterocycles. The minimum absolute atomic E-state index is 0.216. The number of carbonyl (C=O) groups is 1. The molecular formula is C12H8F4N2O3S. The second-order valence-corrected chi connectivity index (χ2v) is 6.13. The van der Waals surface area contributed by atoms with Gasteiger partial charge in [0, 0.05) is 7.05 Å². The van der Waals surface area contributed by atoms with Crippen molar-refractivity contribution in [2.45, 2.75) is 16.1 Å². The number of rotatable bonds is 3. The molecule has 0 aliphatic carbocycles. The van der Waals surface area contributed by atoms with Crippen LogP contribution in [0.1, 0.15) is 16.1 Å². The molecule has 10 heteroatoms. The summed E-state index contributed by atoms with van der Waals surface area (Å²) in [7, 11) is -3.50. The van der Waals surface area contributed by atoms with Crippen molar-refractivity contribution in [1.29, 1.82) is 0 Å². The molecule has 1 aromatic carbocycles. The minimum atomic E-state index is -4.98. The van der Waals surface area contributed by atoms with E-state index in [-0.39, 0.29) is 6.29 Å². The van der Waals surface area contributed by atoms with Crippen LogP contribution in [0.2, 0.25) is 0 Å². The van der Waals surface area contributed by atoms with Gasteiger partial charge in [-0.05, 0) is 24.3 Å². The molecule has 5 nitrogen and oxygen atoms in total. The molecule has 2 aromatic rings. The van der Waals surface area contributed by atoms with Crippen LogP contribution in [0.3, 0.4) is 0 Å². The fourth-order valence-electron chi connectivity index (χ4n) is 1.88. The Bertz CT molecular complexity index is 823. The average Bonchev–Trinajstić information content (AvgIpc) is 2.76. The van der Waals surface area contributed by atoms with E-state index in [1.54, 1.807) is 0 Å². The molecule has 0 spiro atoms. The Morgan fingerprint density at radius 3 is 2.18 bits per heavy atom. The molecule has 0 fully saturated rings. The number of hydrogen-bond acceptors (Lipinski definition) is 4. The molecule has 1 aromatic heterocycles. The van der Waals surface area contributed by atoms with Crippen molar-refractivity contribution >= 4 is 16.1 Å². The van der Waals surface area contributed by atoms with E-state index in [0.717, 1.165) is 31.3 Å². The Hall–Kier alpha value is -2.23. The van der Waals surface area contributed by atoms with Crippen LogP contribution in [0.15, 0.2) is 34.2 Å². The molecule has 22 heavy (non-hydrogen) atoms. The van der Waals surface area contributed by atoms with E-state index in [4.69, 9.17) is 0 Å². The highest BCUT2D eigenvalue weighted by atomic mass is 32.2. The third kappa shape index (κ3) is 2.61. The average molecular weight is 336 g/mol. The maximum Gasteiger partial charge on any atom is 0.435 e. The van der Waals surface area contributed by atoms with E-state index in [2.05, 4.69) is 5.10 Å². The van der Waals surface area contributed by atoms with Gasteiger partial charge in [0.05, 0.1) is 10.5 Å². The Morgan fingerprint density at radius 1 is 1.18 bits per heavy atom. The van der Waals surface area contributed by atoms with Crippen LogP contribution in [0.4, 0.5) is 17.6 Å². The maximum absolute atomic E-state index is 12.8. The van der Waals surface area contributed by atoms with Gasteiger partial charge in [-0.2, -0.15) is 18.3 Å². The Morgan fingerprint density at radius 2 is 1.73 bits per heavy atom. The van der Waals surface area contributed by atoms with Crippen molar-refractivity contribution in [2.75, 3.05) is 0 Å². The van der Waals surface area contributed by atoms with Crippen molar-refractivity contribution < 1.29 is 30.8 Å². The zero-order valence-corrected chi connectivity index (χ0v) is 11.7. The minimum Gasteiger partial charge on any atom is -0.298 e. The van der Waals surface area contributed by atoms with E-state index in [9.17, 15) is 30.8 Å². The smallest absolute Gasteiger partial charge is 0.298 e. The molecular weight excluding hydrogens is 328 g/mol. The summed E-state index contributed by atoms with van der Waals surface area (Å²) < 4.78 is 76.4. The summed E-state index contributed by atoms with van der Waals surface area (Å²) in [5, 5.41) is 2.17. The van der Waals surface area contributed by atoms with Gasteiger partial charge in [-0.15, -0.1) is 0 Å². The number of aldehydes is 1. The van der Waals surface area contributed by atoms with Crippen LogP contribution in [-0.4, -0.2) is 24.5 Å². The highest BCUT2D eigenvalue weighted by Crippen LogP contribution is 2.34. The molecule has 0 saturated carbocycles. The maximum atomic E-state index is 12.8. The highest BCUT2D eigenvalue weighted by Gasteiger charge is 2.41. The van der Waals surface area contributed by atoms with Gasteiger partial charge >= 0.3 is 6.18 Å². The molecule has 0 N–H and O–H groups in total. The first-order chi connectivity index (χ1) is 10.1. The summed E-state index contributed by atoms with van der Waals surface area (Å²) in [6.07, 6.45) is -5.20. The van der Waals surface area contributed by atoms with Crippen LogP contribution in [0, 0.1) is 5.82 Å². The standard InChI is InChI=1S/C12H8F4N2O3S/c1-18-11(9(6-19)10(17-18)12(14,15)16)22(20,21)8-4-2-7(13)3-5-8/h2-6H,1H3.